The monoisotopic (exact) mass is 531 g/mol. The van der Waals surface area contributed by atoms with E-state index in [1.807, 2.05) is 0 Å². The number of ketones is 1. The summed E-state index contributed by atoms with van der Waals surface area (Å²) in [5, 5.41) is 2.67. The average Bonchev–Trinajstić information content (AvgIpc) is 2.93. The van der Waals surface area contributed by atoms with Crippen molar-refractivity contribution in [2.24, 2.45) is 11.8 Å². The molecule has 2 aliphatic heterocycles. The van der Waals surface area contributed by atoms with Gasteiger partial charge in [0, 0.05) is 26.1 Å². The molecule has 0 radical (unpaired) electrons. The van der Waals surface area contributed by atoms with Gasteiger partial charge in [0.2, 0.25) is 11.8 Å². The summed E-state index contributed by atoms with van der Waals surface area (Å²) >= 11 is 0. The molecule has 0 aromatic carbocycles. The molecule has 2 saturated heterocycles. The van der Waals surface area contributed by atoms with E-state index in [0.717, 1.165) is 0 Å². The lowest BCUT2D eigenvalue weighted by Gasteiger charge is -2.29. The summed E-state index contributed by atoms with van der Waals surface area (Å²) in [7, 11) is -3.61. The second-order valence-corrected chi connectivity index (χ2v) is 13.1. The minimum absolute atomic E-state index is 0.101. The Morgan fingerprint density at radius 3 is 2.31 bits per heavy atom. The second-order valence-electron chi connectivity index (χ2n) is 10.9. The largest absolute Gasteiger partial charge is 0.444 e. The Morgan fingerprint density at radius 1 is 1.08 bits per heavy atom. The van der Waals surface area contributed by atoms with Gasteiger partial charge in [-0.2, -0.15) is 0 Å². The second kappa shape index (κ2) is 12.8. The van der Waals surface area contributed by atoms with Gasteiger partial charge >= 0.3 is 6.09 Å². The number of ether oxygens (including phenoxy) is 2. The molecule has 36 heavy (non-hydrogen) atoms. The molecule has 0 aromatic rings. The standard InChI is InChI=1S/C24H41N3O8S/c1-17(2)15-36(32,33)16-18(13-21(29)26-9-11-34-12-10-26)22(30)25-19-7-6-8-27(14-20(19)28)23(31)35-24(3,4)5/h17-19H,6-16H2,1-5H3,(H,25,30). The molecule has 3 amide bonds. The number of carbonyl (C=O) groups is 4. The van der Waals surface area contributed by atoms with Gasteiger partial charge in [-0.15, -0.1) is 0 Å². The van der Waals surface area contributed by atoms with Gasteiger partial charge in [0.1, 0.15) is 5.60 Å². The molecule has 2 unspecified atom stereocenters. The van der Waals surface area contributed by atoms with Gasteiger partial charge in [0.05, 0.1) is 43.2 Å². The molecule has 0 saturated carbocycles. The van der Waals surface area contributed by atoms with Crippen LogP contribution in [0.4, 0.5) is 4.79 Å². The first kappa shape index (κ1) is 30.0. The number of amides is 3. The Balaban J connectivity index is 2.10. The van der Waals surface area contributed by atoms with Crippen LogP contribution in [0.3, 0.4) is 0 Å². The molecule has 1 N–H and O–H groups in total. The van der Waals surface area contributed by atoms with E-state index in [1.165, 1.54) is 4.90 Å². The van der Waals surface area contributed by atoms with E-state index >= 15 is 0 Å². The minimum atomic E-state index is -3.61. The Kier molecular flexibility index (Phi) is 10.7. The highest BCUT2D eigenvalue weighted by molar-refractivity contribution is 7.91. The number of rotatable bonds is 8. The number of nitrogens with one attached hydrogen (secondary N) is 1. The highest BCUT2D eigenvalue weighted by Gasteiger charge is 2.35. The highest BCUT2D eigenvalue weighted by Crippen LogP contribution is 2.17. The number of sulfone groups is 1. The number of likely N-dealkylation sites (tertiary alicyclic amines) is 1. The van der Waals surface area contributed by atoms with E-state index in [-0.39, 0.29) is 36.3 Å². The zero-order chi connectivity index (χ0) is 27.1. The fourth-order valence-corrected chi connectivity index (χ4v) is 6.25. The van der Waals surface area contributed by atoms with Crippen molar-refractivity contribution < 1.29 is 37.1 Å². The van der Waals surface area contributed by atoms with Gasteiger partial charge < -0.3 is 24.6 Å². The van der Waals surface area contributed by atoms with E-state index in [4.69, 9.17) is 9.47 Å². The molecule has 206 valence electrons. The molecule has 0 aromatic heterocycles. The Bertz CT molecular complexity index is 907. The number of hydrogen-bond acceptors (Lipinski definition) is 8. The third-order valence-electron chi connectivity index (χ3n) is 5.82. The van der Waals surface area contributed by atoms with Crippen LogP contribution in [0, 0.1) is 11.8 Å². The van der Waals surface area contributed by atoms with Crippen molar-refractivity contribution in [1.29, 1.82) is 0 Å². The van der Waals surface area contributed by atoms with Gasteiger partial charge in [-0.05, 0) is 39.5 Å². The van der Waals surface area contributed by atoms with Crippen molar-refractivity contribution in [3.05, 3.63) is 0 Å². The van der Waals surface area contributed by atoms with Crippen LogP contribution in [-0.2, 0) is 33.7 Å². The molecular weight excluding hydrogens is 490 g/mol. The average molecular weight is 532 g/mol. The molecular formula is C24H41N3O8S. The van der Waals surface area contributed by atoms with Crippen LogP contribution >= 0.6 is 0 Å². The summed E-state index contributed by atoms with van der Waals surface area (Å²) in [5.41, 5.74) is -0.707. The van der Waals surface area contributed by atoms with Gasteiger partial charge in [0.25, 0.3) is 0 Å². The fraction of sp³-hybridized carbons (Fsp3) is 0.833. The van der Waals surface area contributed by atoms with E-state index < -0.39 is 45.2 Å². The van der Waals surface area contributed by atoms with E-state index in [9.17, 15) is 27.6 Å². The lowest BCUT2D eigenvalue weighted by Crippen LogP contribution is -2.49. The van der Waals surface area contributed by atoms with Gasteiger partial charge in [-0.3, -0.25) is 14.4 Å². The van der Waals surface area contributed by atoms with Gasteiger partial charge in [-0.1, -0.05) is 13.8 Å². The van der Waals surface area contributed by atoms with Crippen molar-refractivity contribution in [2.45, 2.75) is 65.5 Å². The van der Waals surface area contributed by atoms with Crippen molar-refractivity contribution in [3.8, 4) is 0 Å². The summed E-state index contributed by atoms with van der Waals surface area (Å²) in [6, 6.07) is -0.876. The number of hydrogen-bond donors (Lipinski definition) is 1. The molecule has 2 atom stereocenters. The number of Topliss-reactive ketones (excluding diaryl/α,β-unsaturated/α-hetero) is 1. The van der Waals surface area contributed by atoms with Crippen LogP contribution in [0.1, 0.15) is 53.9 Å². The van der Waals surface area contributed by atoms with Gasteiger partial charge in [-0.25, -0.2) is 13.2 Å². The Morgan fingerprint density at radius 2 is 1.72 bits per heavy atom. The molecule has 0 spiro atoms. The predicted molar refractivity (Wildman–Crippen MR) is 133 cm³/mol. The first-order valence-electron chi connectivity index (χ1n) is 12.5. The molecule has 0 bridgehead atoms. The summed E-state index contributed by atoms with van der Waals surface area (Å²) in [6.07, 6.45) is -0.114. The van der Waals surface area contributed by atoms with Crippen molar-refractivity contribution in [2.75, 3.05) is 50.9 Å². The molecule has 11 nitrogen and oxygen atoms in total. The maximum atomic E-state index is 13.2. The summed E-state index contributed by atoms with van der Waals surface area (Å²) in [6.45, 7) is 10.4. The maximum Gasteiger partial charge on any atom is 0.410 e. The first-order valence-corrected chi connectivity index (χ1v) is 14.4. The van der Waals surface area contributed by atoms with Crippen LogP contribution in [0.2, 0.25) is 0 Å². The van der Waals surface area contributed by atoms with Gasteiger partial charge in [0.15, 0.2) is 15.6 Å². The quantitative estimate of drug-likeness (QED) is 0.489. The molecule has 12 heteroatoms. The highest BCUT2D eigenvalue weighted by atomic mass is 32.2. The number of morpholine rings is 1. The SMILES string of the molecule is CC(C)CS(=O)(=O)CC(CC(=O)N1CCOCC1)C(=O)NC1CCCN(C(=O)OC(C)(C)C)CC1=O. The van der Waals surface area contributed by atoms with E-state index in [1.54, 1.807) is 39.5 Å². The lowest BCUT2D eigenvalue weighted by atomic mass is 10.0. The van der Waals surface area contributed by atoms with Crippen LogP contribution in [0.25, 0.3) is 0 Å². The summed E-state index contributed by atoms with van der Waals surface area (Å²) < 4.78 is 36.0. The Hall–Kier alpha value is -2.21. The van der Waals surface area contributed by atoms with Crippen LogP contribution in [0.5, 0.6) is 0 Å². The van der Waals surface area contributed by atoms with Crippen LogP contribution < -0.4 is 5.32 Å². The first-order chi connectivity index (χ1) is 16.7. The third kappa shape index (κ3) is 10.0. The molecule has 2 rings (SSSR count). The zero-order valence-corrected chi connectivity index (χ0v) is 22.9. The normalized spacial score (nSPS) is 20.6. The zero-order valence-electron chi connectivity index (χ0n) is 22.1. The topological polar surface area (TPSA) is 139 Å². The van der Waals surface area contributed by atoms with E-state index in [2.05, 4.69) is 5.32 Å². The summed E-state index contributed by atoms with van der Waals surface area (Å²) in [5.74, 6) is -3.16. The lowest BCUT2D eigenvalue weighted by molar-refractivity contribution is -0.139. The third-order valence-corrected chi connectivity index (χ3v) is 7.91. The van der Waals surface area contributed by atoms with Crippen molar-refractivity contribution in [1.82, 2.24) is 15.1 Å². The minimum Gasteiger partial charge on any atom is -0.444 e. The smallest absolute Gasteiger partial charge is 0.410 e. The van der Waals surface area contributed by atoms with E-state index in [0.29, 0.717) is 45.7 Å². The predicted octanol–water partition coefficient (Wildman–Crippen LogP) is 1.01. The van der Waals surface area contributed by atoms with Crippen molar-refractivity contribution in [3.63, 3.8) is 0 Å². The molecule has 2 aliphatic rings. The Labute approximate surface area is 214 Å². The van der Waals surface area contributed by atoms with Crippen molar-refractivity contribution >= 4 is 33.5 Å². The molecule has 2 heterocycles. The summed E-state index contributed by atoms with van der Waals surface area (Å²) in [4.78, 5) is 54.2. The molecule has 2 fully saturated rings. The molecule has 0 aliphatic carbocycles. The number of carbonyl (C=O) groups excluding carboxylic acids is 4. The number of nitrogens with zero attached hydrogens (tertiary/aromatic N) is 2. The van der Waals surface area contributed by atoms with Crippen LogP contribution in [0.15, 0.2) is 0 Å². The van der Waals surface area contributed by atoms with Crippen LogP contribution in [-0.4, -0.2) is 104 Å². The maximum absolute atomic E-state index is 13.2. The fourth-order valence-electron chi connectivity index (χ4n) is 4.21.